The number of hydrogen-bond donors (Lipinski definition) is 3. The molecule has 0 aliphatic carbocycles. The van der Waals surface area contributed by atoms with E-state index < -0.39 is 27.3 Å². The van der Waals surface area contributed by atoms with Crippen molar-refractivity contribution in [1.82, 2.24) is 4.72 Å². The van der Waals surface area contributed by atoms with Crippen LogP contribution in [0.2, 0.25) is 0 Å². The molecule has 0 saturated heterocycles. The number of nitrogens with one attached hydrogen (secondary N) is 1. The lowest BCUT2D eigenvalue weighted by Crippen LogP contribution is -2.25. The van der Waals surface area contributed by atoms with Gasteiger partial charge in [-0.05, 0) is 31.0 Å². The van der Waals surface area contributed by atoms with Gasteiger partial charge in [0.05, 0.1) is 4.90 Å². The van der Waals surface area contributed by atoms with Gasteiger partial charge in [-0.1, -0.05) is 13.3 Å². The summed E-state index contributed by atoms with van der Waals surface area (Å²) in [5, 5.41) is 18.3. The van der Waals surface area contributed by atoms with E-state index in [9.17, 15) is 27.9 Å². The minimum atomic E-state index is -3.89. The van der Waals surface area contributed by atoms with Gasteiger partial charge < -0.3 is 15.0 Å². The molecule has 3 N–H and O–H groups in total. The minimum Gasteiger partial charge on any atom is -0.507 e. The second-order valence-electron chi connectivity index (χ2n) is 6.13. The number of carboxylic acid groups (broad SMARTS) is 1. The zero-order valence-corrected chi connectivity index (χ0v) is 16.6. The average molecular weight is 429 g/mol. The molecule has 0 spiro atoms. The molecular formula is C18H23NO9S. The van der Waals surface area contributed by atoms with Crippen molar-refractivity contribution >= 4 is 34.2 Å². The van der Waals surface area contributed by atoms with E-state index in [0.29, 0.717) is 25.7 Å². The van der Waals surface area contributed by atoms with Crippen molar-refractivity contribution in [3.63, 3.8) is 0 Å². The minimum absolute atomic E-state index is 0.00970. The fraction of sp³-hybridized carbons (Fsp3) is 0.444. The fourth-order valence-corrected chi connectivity index (χ4v) is 3.38. The molecule has 160 valence electrons. The fourth-order valence-electron chi connectivity index (χ4n) is 2.28. The van der Waals surface area contributed by atoms with Gasteiger partial charge >= 0.3 is 12.1 Å². The molecular weight excluding hydrogens is 406 g/mol. The molecule has 1 aromatic carbocycles. The normalized spacial score (nSPS) is 11.5. The van der Waals surface area contributed by atoms with Crippen LogP contribution in [0.1, 0.15) is 49.4 Å². The Kier molecular flexibility index (Phi) is 12.0. The summed E-state index contributed by atoms with van der Waals surface area (Å²) in [7, 11) is -3.89. The zero-order valence-electron chi connectivity index (χ0n) is 15.8. The van der Waals surface area contributed by atoms with Crippen LogP contribution >= 0.6 is 0 Å². The number of carbonyl (C=O) groups is 3. The van der Waals surface area contributed by atoms with Gasteiger partial charge in [-0.3, -0.25) is 4.79 Å². The van der Waals surface area contributed by atoms with Gasteiger partial charge in [-0.15, -0.1) is 0 Å². The molecule has 29 heavy (non-hydrogen) atoms. The van der Waals surface area contributed by atoms with Gasteiger partial charge in [0.2, 0.25) is 10.0 Å². The molecule has 0 saturated carbocycles. The molecule has 0 heterocycles. The zero-order chi connectivity index (χ0) is 22.4. The first-order chi connectivity index (χ1) is 13.6. The molecule has 0 aliphatic rings. The first-order valence-corrected chi connectivity index (χ1v) is 10.1. The molecule has 0 amide bonds. The van der Waals surface area contributed by atoms with Crippen LogP contribution in [0, 0.1) is 5.92 Å². The molecule has 0 unspecified atom stereocenters. The third-order valence-corrected chi connectivity index (χ3v) is 5.17. The number of aldehydes is 1. The monoisotopic (exact) mass is 429 g/mol. The van der Waals surface area contributed by atoms with Crippen LogP contribution in [0.4, 0.5) is 0 Å². The van der Waals surface area contributed by atoms with Crippen molar-refractivity contribution in [2.45, 2.75) is 43.9 Å². The standard InChI is InChI=1S/C17H23NO7S.CO2/c1-12(11-19)9-13(20)5-3-2-4-8-18-26(24,25)14-6-7-16(21)15(10-14)17(22)23;2-1-3/h6-7,10-12,18,21H,2-5,8-9H2,1H3,(H,22,23);/t12-;/m1./s1. The van der Waals surface area contributed by atoms with Gasteiger partial charge in [0.15, 0.2) is 0 Å². The summed E-state index contributed by atoms with van der Waals surface area (Å²) < 4.78 is 26.6. The molecule has 1 aromatic rings. The highest BCUT2D eigenvalue weighted by Gasteiger charge is 2.18. The number of hydrogen-bond acceptors (Lipinski definition) is 8. The number of aromatic hydroxyl groups is 1. The summed E-state index contributed by atoms with van der Waals surface area (Å²) in [6, 6.07) is 3.04. The summed E-state index contributed by atoms with van der Waals surface area (Å²) in [5.41, 5.74) is -0.490. The largest absolute Gasteiger partial charge is 0.507 e. The van der Waals surface area contributed by atoms with Gasteiger partial charge in [0.1, 0.15) is 23.4 Å². The maximum atomic E-state index is 12.1. The van der Waals surface area contributed by atoms with Gasteiger partial charge in [-0.2, -0.15) is 9.59 Å². The molecule has 1 rings (SSSR count). The van der Waals surface area contributed by atoms with E-state index in [2.05, 4.69) is 4.72 Å². The summed E-state index contributed by atoms with van der Waals surface area (Å²) in [5.74, 6) is -2.20. The van der Waals surface area contributed by atoms with Crippen LogP contribution in [-0.4, -0.2) is 49.4 Å². The van der Waals surface area contributed by atoms with Crippen LogP contribution in [0.5, 0.6) is 5.75 Å². The lowest BCUT2D eigenvalue weighted by Gasteiger charge is -2.08. The molecule has 0 radical (unpaired) electrons. The Morgan fingerprint density at radius 2 is 1.83 bits per heavy atom. The maximum absolute atomic E-state index is 12.1. The Bertz CT molecular complexity index is 843. The average Bonchev–Trinajstić information content (AvgIpc) is 2.64. The number of carbonyl (C=O) groups excluding carboxylic acids is 4. The Labute approximate surface area is 168 Å². The number of unbranched alkanes of at least 4 members (excludes halogenated alkanes) is 2. The number of Topliss-reactive ketones (excluding diaryl/α,β-unsaturated/α-hetero) is 1. The first kappa shape index (κ1) is 26.1. The third kappa shape index (κ3) is 10.3. The Morgan fingerprint density at radius 1 is 1.21 bits per heavy atom. The highest BCUT2D eigenvalue weighted by molar-refractivity contribution is 7.89. The summed E-state index contributed by atoms with van der Waals surface area (Å²) >= 11 is 0. The van der Waals surface area contributed by atoms with Crippen LogP contribution in [-0.2, 0) is 29.2 Å². The lowest BCUT2D eigenvalue weighted by atomic mass is 10.0. The van der Waals surface area contributed by atoms with Crippen molar-refractivity contribution in [3.05, 3.63) is 23.8 Å². The van der Waals surface area contributed by atoms with E-state index in [1.165, 1.54) is 0 Å². The van der Waals surface area contributed by atoms with Crippen LogP contribution < -0.4 is 4.72 Å². The Hall–Kier alpha value is -2.88. The van der Waals surface area contributed by atoms with E-state index in [1.54, 1.807) is 6.92 Å². The van der Waals surface area contributed by atoms with Crippen LogP contribution in [0.15, 0.2) is 23.1 Å². The predicted molar refractivity (Wildman–Crippen MR) is 98.6 cm³/mol. The van der Waals surface area contributed by atoms with Crippen molar-refractivity contribution in [2.24, 2.45) is 5.92 Å². The number of sulfonamides is 1. The van der Waals surface area contributed by atoms with Gasteiger partial charge in [-0.25, -0.2) is 17.9 Å². The molecule has 0 bridgehead atoms. The van der Waals surface area contributed by atoms with Crippen molar-refractivity contribution in [2.75, 3.05) is 6.54 Å². The topological polar surface area (TPSA) is 172 Å². The van der Waals surface area contributed by atoms with E-state index in [0.717, 1.165) is 24.5 Å². The highest BCUT2D eigenvalue weighted by Crippen LogP contribution is 2.21. The molecule has 0 fully saturated rings. The van der Waals surface area contributed by atoms with Crippen LogP contribution in [0.25, 0.3) is 0 Å². The van der Waals surface area contributed by atoms with Crippen LogP contribution in [0.3, 0.4) is 0 Å². The predicted octanol–water partition coefficient (Wildman–Crippen LogP) is 1.14. The smallest absolute Gasteiger partial charge is 0.373 e. The van der Waals surface area contributed by atoms with Gasteiger partial charge in [0.25, 0.3) is 0 Å². The maximum Gasteiger partial charge on any atom is 0.373 e. The second-order valence-corrected chi connectivity index (χ2v) is 7.90. The summed E-state index contributed by atoms with van der Waals surface area (Å²) in [6.07, 6.45) is 3.33. The number of benzene rings is 1. The second kappa shape index (κ2) is 13.3. The van der Waals surface area contributed by atoms with E-state index in [1.807, 2.05) is 0 Å². The molecule has 1 atom stereocenters. The number of carboxylic acids is 1. The SMILES string of the molecule is C[C@@H](C=O)CC(=O)CCCCCNS(=O)(=O)c1ccc(O)c(C(=O)O)c1.O=C=O. The summed E-state index contributed by atoms with van der Waals surface area (Å²) in [6.45, 7) is 1.82. The molecule has 10 nitrogen and oxygen atoms in total. The first-order valence-electron chi connectivity index (χ1n) is 8.61. The molecule has 11 heteroatoms. The molecule has 0 aromatic heterocycles. The number of rotatable bonds is 12. The van der Waals surface area contributed by atoms with Crippen molar-refractivity contribution < 1.29 is 42.6 Å². The van der Waals surface area contributed by atoms with Crippen molar-refractivity contribution in [1.29, 1.82) is 0 Å². The lowest BCUT2D eigenvalue weighted by molar-refractivity contribution is -0.191. The number of aromatic carboxylic acids is 1. The molecule has 0 aliphatic heterocycles. The summed E-state index contributed by atoms with van der Waals surface area (Å²) in [4.78, 5) is 49.0. The van der Waals surface area contributed by atoms with E-state index in [4.69, 9.17) is 14.7 Å². The van der Waals surface area contributed by atoms with E-state index >= 15 is 0 Å². The third-order valence-electron chi connectivity index (χ3n) is 3.72. The highest BCUT2D eigenvalue weighted by atomic mass is 32.2. The Balaban J connectivity index is 0.00000245. The van der Waals surface area contributed by atoms with E-state index in [-0.39, 0.29) is 35.7 Å². The van der Waals surface area contributed by atoms with Crippen molar-refractivity contribution in [3.8, 4) is 5.75 Å². The quantitative estimate of drug-likeness (QED) is 0.325. The van der Waals surface area contributed by atoms with Gasteiger partial charge in [0, 0.05) is 25.3 Å². The number of ketones is 1. The Morgan fingerprint density at radius 3 is 2.38 bits per heavy atom. The number of phenols is 1.